The van der Waals surface area contributed by atoms with Crippen LogP contribution in [0.15, 0.2) is 41.4 Å². The first-order valence-corrected chi connectivity index (χ1v) is 10.6. The summed E-state index contributed by atoms with van der Waals surface area (Å²) < 4.78 is 59.6. The molecule has 0 atom stereocenters. The number of carbonyl (C=O) groups excluding carboxylic acids is 1. The molecule has 0 unspecified atom stereocenters. The fourth-order valence-corrected chi connectivity index (χ4v) is 4.59. The number of piperazine rings is 1. The average molecular weight is 428 g/mol. The molecule has 8 nitrogen and oxygen atoms in total. The standard InChI is InChI=1S/C18H22F2N4O4S/c1-2-28-18(25)15-12-21-24(16(15)17(19)20)13-22-8-10-23(11-9-22)29(26,27)14-6-4-3-5-7-14/h3-7,12,17H,2,8-11,13H2,1H3. The Morgan fingerprint density at radius 1 is 1.17 bits per heavy atom. The second kappa shape index (κ2) is 8.97. The van der Waals surface area contributed by atoms with E-state index in [1.54, 1.807) is 25.1 Å². The van der Waals surface area contributed by atoms with Gasteiger partial charge in [-0.3, -0.25) is 4.90 Å². The fraction of sp³-hybridized carbons (Fsp3) is 0.444. The highest BCUT2D eigenvalue weighted by atomic mass is 32.2. The third-order valence-corrected chi connectivity index (χ3v) is 6.54. The maximum atomic E-state index is 13.5. The molecule has 1 fully saturated rings. The van der Waals surface area contributed by atoms with E-state index in [0.29, 0.717) is 13.1 Å². The molecular weight excluding hydrogens is 406 g/mol. The van der Waals surface area contributed by atoms with Crippen molar-refractivity contribution in [3.8, 4) is 0 Å². The molecule has 0 radical (unpaired) electrons. The van der Waals surface area contributed by atoms with Gasteiger partial charge in [0.15, 0.2) is 0 Å². The van der Waals surface area contributed by atoms with Gasteiger partial charge in [0.2, 0.25) is 10.0 Å². The minimum absolute atomic E-state index is 0.0261. The van der Waals surface area contributed by atoms with Crippen molar-refractivity contribution in [2.45, 2.75) is 24.9 Å². The second-order valence-corrected chi connectivity index (χ2v) is 8.38. The molecule has 0 N–H and O–H groups in total. The Kier molecular flexibility index (Phi) is 6.60. The summed E-state index contributed by atoms with van der Waals surface area (Å²) in [6, 6.07) is 8.14. The third-order valence-electron chi connectivity index (χ3n) is 4.63. The van der Waals surface area contributed by atoms with E-state index in [9.17, 15) is 22.0 Å². The van der Waals surface area contributed by atoms with E-state index in [-0.39, 0.29) is 36.8 Å². The average Bonchev–Trinajstić information content (AvgIpc) is 3.13. The number of rotatable bonds is 7. The summed E-state index contributed by atoms with van der Waals surface area (Å²) in [6.07, 6.45) is -1.81. The first-order chi connectivity index (χ1) is 13.8. The van der Waals surface area contributed by atoms with Gasteiger partial charge in [-0.05, 0) is 19.1 Å². The number of esters is 1. The van der Waals surface area contributed by atoms with Crippen LogP contribution in [0.3, 0.4) is 0 Å². The Morgan fingerprint density at radius 3 is 2.41 bits per heavy atom. The van der Waals surface area contributed by atoms with Crippen molar-refractivity contribution in [2.75, 3.05) is 32.8 Å². The van der Waals surface area contributed by atoms with Crippen molar-refractivity contribution in [1.29, 1.82) is 0 Å². The van der Waals surface area contributed by atoms with Gasteiger partial charge in [0.05, 0.1) is 24.4 Å². The Morgan fingerprint density at radius 2 is 1.83 bits per heavy atom. The first-order valence-electron chi connectivity index (χ1n) is 9.13. The minimum Gasteiger partial charge on any atom is -0.462 e. The van der Waals surface area contributed by atoms with E-state index < -0.39 is 28.1 Å². The summed E-state index contributed by atoms with van der Waals surface area (Å²) in [5, 5.41) is 3.91. The monoisotopic (exact) mass is 428 g/mol. The van der Waals surface area contributed by atoms with Crippen molar-refractivity contribution in [1.82, 2.24) is 19.0 Å². The molecule has 1 aromatic carbocycles. The second-order valence-electron chi connectivity index (χ2n) is 6.44. The smallest absolute Gasteiger partial charge is 0.341 e. The number of ether oxygens (including phenoxy) is 1. The molecule has 0 spiro atoms. The minimum atomic E-state index is -3.59. The number of hydrogen-bond donors (Lipinski definition) is 0. The predicted octanol–water partition coefficient (Wildman–Crippen LogP) is 1.96. The molecule has 0 amide bonds. The molecule has 2 heterocycles. The van der Waals surface area contributed by atoms with Crippen LogP contribution < -0.4 is 0 Å². The highest BCUT2D eigenvalue weighted by Crippen LogP contribution is 2.24. The van der Waals surface area contributed by atoms with Gasteiger partial charge in [0.1, 0.15) is 11.3 Å². The van der Waals surface area contributed by atoms with Crippen LogP contribution in [0, 0.1) is 0 Å². The number of halogens is 2. The highest BCUT2D eigenvalue weighted by Gasteiger charge is 2.30. The van der Waals surface area contributed by atoms with Crippen LogP contribution in [0.5, 0.6) is 0 Å². The lowest BCUT2D eigenvalue weighted by atomic mass is 10.2. The SMILES string of the molecule is CCOC(=O)c1cnn(CN2CCN(S(=O)(=O)c3ccccc3)CC2)c1C(F)F. The summed E-state index contributed by atoms with van der Waals surface area (Å²) >= 11 is 0. The first kappa shape index (κ1) is 21.3. The van der Waals surface area contributed by atoms with E-state index in [0.717, 1.165) is 10.9 Å². The number of sulfonamides is 1. The van der Waals surface area contributed by atoms with Crippen LogP contribution in [0.1, 0.15) is 29.4 Å². The summed E-state index contributed by atoms with van der Waals surface area (Å²) in [4.78, 5) is 13.9. The molecule has 0 bridgehead atoms. The van der Waals surface area contributed by atoms with Gasteiger partial charge in [0, 0.05) is 26.2 Å². The maximum Gasteiger partial charge on any atom is 0.341 e. The van der Waals surface area contributed by atoms with Gasteiger partial charge in [-0.1, -0.05) is 18.2 Å². The molecule has 29 heavy (non-hydrogen) atoms. The van der Waals surface area contributed by atoms with E-state index in [2.05, 4.69) is 5.10 Å². The third kappa shape index (κ3) is 4.62. The molecule has 158 valence electrons. The summed E-state index contributed by atoms with van der Waals surface area (Å²) in [6.45, 7) is 2.85. The van der Waals surface area contributed by atoms with Crippen molar-refractivity contribution in [3.05, 3.63) is 47.8 Å². The zero-order chi connectivity index (χ0) is 21.0. The van der Waals surface area contributed by atoms with Crippen LogP contribution in [0.2, 0.25) is 0 Å². The van der Waals surface area contributed by atoms with Gasteiger partial charge < -0.3 is 4.74 Å². The molecule has 1 aromatic heterocycles. The van der Waals surface area contributed by atoms with Crippen molar-refractivity contribution < 1.29 is 26.7 Å². The van der Waals surface area contributed by atoms with Crippen LogP contribution in [-0.4, -0.2) is 66.2 Å². The normalized spacial score (nSPS) is 16.3. The van der Waals surface area contributed by atoms with Crippen LogP contribution in [0.25, 0.3) is 0 Å². The number of carbonyl (C=O) groups is 1. The number of aromatic nitrogens is 2. The fourth-order valence-electron chi connectivity index (χ4n) is 3.15. The molecule has 11 heteroatoms. The molecule has 1 saturated heterocycles. The van der Waals surface area contributed by atoms with Crippen molar-refractivity contribution in [2.24, 2.45) is 0 Å². The zero-order valence-corrected chi connectivity index (χ0v) is 16.7. The molecule has 1 aliphatic rings. The Balaban J connectivity index is 1.68. The number of benzene rings is 1. The molecule has 0 aliphatic carbocycles. The lowest BCUT2D eigenvalue weighted by molar-refractivity contribution is 0.0510. The molecule has 0 saturated carbocycles. The largest absolute Gasteiger partial charge is 0.462 e. The van der Waals surface area contributed by atoms with Crippen molar-refractivity contribution >= 4 is 16.0 Å². The number of alkyl halides is 2. The van der Waals surface area contributed by atoms with Gasteiger partial charge in [0.25, 0.3) is 6.43 Å². The molecular formula is C18H22F2N4O4S. The van der Waals surface area contributed by atoms with Gasteiger partial charge >= 0.3 is 5.97 Å². The quantitative estimate of drug-likeness (QED) is 0.627. The summed E-state index contributed by atoms with van der Waals surface area (Å²) in [7, 11) is -3.59. The topological polar surface area (TPSA) is 84.7 Å². The Hall–Kier alpha value is -2.37. The molecule has 2 aromatic rings. The predicted molar refractivity (Wildman–Crippen MR) is 99.9 cm³/mol. The Labute approximate surface area is 167 Å². The van der Waals surface area contributed by atoms with E-state index in [1.165, 1.54) is 16.4 Å². The highest BCUT2D eigenvalue weighted by molar-refractivity contribution is 7.89. The van der Waals surface area contributed by atoms with Gasteiger partial charge in [-0.25, -0.2) is 26.7 Å². The number of nitrogens with zero attached hydrogens (tertiary/aromatic N) is 4. The van der Waals surface area contributed by atoms with E-state index in [4.69, 9.17) is 4.74 Å². The van der Waals surface area contributed by atoms with E-state index in [1.807, 2.05) is 4.90 Å². The van der Waals surface area contributed by atoms with Gasteiger partial charge in [-0.2, -0.15) is 9.40 Å². The summed E-state index contributed by atoms with van der Waals surface area (Å²) in [5.41, 5.74) is -0.755. The Bertz CT molecular complexity index is 942. The zero-order valence-electron chi connectivity index (χ0n) is 15.9. The van der Waals surface area contributed by atoms with E-state index >= 15 is 0 Å². The van der Waals surface area contributed by atoms with Crippen LogP contribution in [-0.2, 0) is 21.4 Å². The summed E-state index contributed by atoms with van der Waals surface area (Å²) in [5.74, 6) is -0.840. The van der Waals surface area contributed by atoms with Gasteiger partial charge in [-0.15, -0.1) is 0 Å². The lowest BCUT2D eigenvalue weighted by Gasteiger charge is -2.34. The molecule has 1 aliphatic heterocycles. The number of hydrogen-bond acceptors (Lipinski definition) is 6. The molecule has 3 rings (SSSR count). The maximum absolute atomic E-state index is 13.5. The van der Waals surface area contributed by atoms with Crippen LogP contribution in [0.4, 0.5) is 8.78 Å². The lowest BCUT2D eigenvalue weighted by Crippen LogP contribution is -2.49. The van der Waals surface area contributed by atoms with Crippen LogP contribution >= 0.6 is 0 Å². The van der Waals surface area contributed by atoms with Crippen molar-refractivity contribution in [3.63, 3.8) is 0 Å².